The van der Waals surface area contributed by atoms with Crippen LogP contribution >= 0.6 is 11.8 Å². The van der Waals surface area contributed by atoms with Crippen molar-refractivity contribution in [3.05, 3.63) is 17.5 Å². The van der Waals surface area contributed by atoms with E-state index < -0.39 is 0 Å². The van der Waals surface area contributed by atoms with Gasteiger partial charge >= 0.3 is 0 Å². The lowest BCUT2D eigenvalue weighted by molar-refractivity contribution is -0.130. The van der Waals surface area contributed by atoms with Crippen molar-refractivity contribution in [2.45, 2.75) is 56.9 Å². The van der Waals surface area contributed by atoms with Gasteiger partial charge in [0.1, 0.15) is 0 Å². The smallest absolute Gasteiger partial charge is 0.271 e. The number of nitrogens with zero attached hydrogens (tertiary/aromatic N) is 6. The summed E-state index contributed by atoms with van der Waals surface area (Å²) >= 11 is 1.34. The summed E-state index contributed by atoms with van der Waals surface area (Å²) in [7, 11) is 0. The molecule has 9 heteroatoms. The predicted molar refractivity (Wildman–Crippen MR) is 97.1 cm³/mol. The molecule has 3 rings (SSSR count). The molecule has 3 heterocycles. The number of nitrogens with two attached hydrogens (primary N) is 1. The molecule has 0 aromatic carbocycles. The van der Waals surface area contributed by atoms with E-state index in [9.17, 15) is 4.79 Å². The maximum atomic E-state index is 12.7. The van der Waals surface area contributed by atoms with Crippen LogP contribution in [0.15, 0.2) is 11.2 Å². The average Bonchev–Trinajstić information content (AvgIpc) is 2.96. The van der Waals surface area contributed by atoms with Crippen molar-refractivity contribution in [1.29, 1.82) is 0 Å². The molecule has 25 heavy (non-hydrogen) atoms. The Morgan fingerprint density at radius 3 is 2.48 bits per heavy atom. The minimum atomic E-state index is -0.252. The van der Waals surface area contributed by atoms with Crippen molar-refractivity contribution in [2.75, 3.05) is 18.9 Å². The van der Waals surface area contributed by atoms with Crippen molar-refractivity contribution < 1.29 is 4.79 Å². The highest BCUT2D eigenvalue weighted by Gasteiger charge is 2.25. The Bertz CT molecular complexity index is 746. The molecule has 2 aromatic rings. The minimum Gasteiger partial charge on any atom is -0.342 e. The summed E-state index contributed by atoms with van der Waals surface area (Å²) in [6.45, 7) is 7.44. The molecule has 2 aromatic heterocycles. The van der Waals surface area contributed by atoms with Gasteiger partial charge in [0.2, 0.25) is 11.1 Å². The predicted octanol–water partition coefficient (Wildman–Crippen LogP) is 1.68. The molecule has 136 valence electrons. The fourth-order valence-electron chi connectivity index (χ4n) is 3.08. The second-order valence-electron chi connectivity index (χ2n) is 6.49. The van der Waals surface area contributed by atoms with Crippen LogP contribution in [0.5, 0.6) is 0 Å². The Balaban J connectivity index is 1.72. The molecule has 1 fully saturated rings. The first-order valence-electron chi connectivity index (χ1n) is 8.67. The van der Waals surface area contributed by atoms with Gasteiger partial charge in [-0.15, -0.1) is 10.2 Å². The van der Waals surface area contributed by atoms with E-state index in [4.69, 9.17) is 5.84 Å². The molecular formula is C16H25N7OS. The maximum absolute atomic E-state index is 12.7. The fourth-order valence-corrected chi connectivity index (χ4v) is 3.93. The highest BCUT2D eigenvalue weighted by atomic mass is 32.2. The van der Waals surface area contributed by atoms with Gasteiger partial charge < -0.3 is 10.7 Å². The number of thioether (sulfide) groups is 1. The number of rotatable bonds is 4. The zero-order valence-corrected chi connectivity index (χ0v) is 15.8. The molecule has 1 aliphatic heterocycles. The van der Waals surface area contributed by atoms with Crippen molar-refractivity contribution in [2.24, 2.45) is 0 Å². The van der Waals surface area contributed by atoms with Crippen LogP contribution in [0.2, 0.25) is 0 Å². The normalized spacial score (nSPS) is 16.7. The van der Waals surface area contributed by atoms with Gasteiger partial charge in [-0.3, -0.25) is 4.79 Å². The number of amides is 1. The van der Waals surface area contributed by atoms with E-state index >= 15 is 0 Å². The van der Waals surface area contributed by atoms with Crippen LogP contribution in [0.1, 0.15) is 44.0 Å². The van der Waals surface area contributed by atoms with Crippen LogP contribution in [0.4, 0.5) is 0 Å². The Morgan fingerprint density at radius 2 is 1.88 bits per heavy atom. The van der Waals surface area contributed by atoms with Gasteiger partial charge in [-0.2, -0.15) is 5.10 Å². The minimum absolute atomic E-state index is 0.141. The fraction of sp³-hybridized carbons (Fsp3) is 0.625. The number of aryl methyl sites for hydroxylation is 2. The molecule has 0 unspecified atom stereocenters. The van der Waals surface area contributed by atoms with Crippen LogP contribution in [-0.4, -0.2) is 53.8 Å². The van der Waals surface area contributed by atoms with E-state index in [1.54, 1.807) is 4.68 Å². The number of nitrogen functional groups attached to an aromatic ring is 1. The molecular weight excluding hydrogens is 338 g/mol. The largest absolute Gasteiger partial charge is 0.342 e. The number of aromatic nitrogens is 5. The molecule has 0 radical (unpaired) electrons. The second-order valence-corrected chi connectivity index (χ2v) is 7.80. The van der Waals surface area contributed by atoms with Crippen molar-refractivity contribution in [1.82, 2.24) is 29.6 Å². The summed E-state index contributed by atoms with van der Waals surface area (Å²) in [4.78, 5) is 14.7. The van der Waals surface area contributed by atoms with Crippen molar-refractivity contribution in [3.8, 4) is 5.95 Å². The number of hydrogen-bond acceptors (Lipinski definition) is 6. The van der Waals surface area contributed by atoms with Gasteiger partial charge in [-0.05, 0) is 39.7 Å². The zero-order valence-electron chi connectivity index (χ0n) is 15.0. The lowest BCUT2D eigenvalue weighted by atomic mass is 10.2. The lowest BCUT2D eigenvalue weighted by Crippen LogP contribution is -2.37. The van der Waals surface area contributed by atoms with Crippen LogP contribution in [0.3, 0.4) is 0 Å². The van der Waals surface area contributed by atoms with E-state index in [0.29, 0.717) is 11.1 Å². The van der Waals surface area contributed by atoms with E-state index in [1.807, 2.05) is 31.7 Å². The summed E-state index contributed by atoms with van der Waals surface area (Å²) in [5.74, 6) is 6.74. The first-order chi connectivity index (χ1) is 12.0. The molecule has 2 N–H and O–H groups in total. The molecule has 1 atom stereocenters. The third-order valence-corrected chi connectivity index (χ3v) is 5.44. The molecule has 0 spiro atoms. The highest BCUT2D eigenvalue weighted by molar-refractivity contribution is 8.00. The van der Waals surface area contributed by atoms with E-state index in [-0.39, 0.29) is 11.2 Å². The van der Waals surface area contributed by atoms with Crippen LogP contribution in [0.25, 0.3) is 5.95 Å². The summed E-state index contributed by atoms with van der Waals surface area (Å²) in [6.07, 6.45) is 4.57. The zero-order chi connectivity index (χ0) is 18.0. The van der Waals surface area contributed by atoms with E-state index in [0.717, 1.165) is 37.3 Å². The summed E-state index contributed by atoms with van der Waals surface area (Å²) in [5, 5.41) is 12.9. The summed E-state index contributed by atoms with van der Waals surface area (Å²) in [5.41, 5.74) is 1.82. The Kier molecular flexibility index (Phi) is 5.31. The number of carbonyl (C=O) groups is 1. The first kappa shape index (κ1) is 17.8. The van der Waals surface area contributed by atoms with Crippen LogP contribution in [0, 0.1) is 13.8 Å². The monoisotopic (exact) mass is 363 g/mol. The number of likely N-dealkylation sites (tertiary alicyclic amines) is 1. The van der Waals surface area contributed by atoms with Gasteiger partial charge in [0.25, 0.3) is 5.95 Å². The topological polar surface area (TPSA) is 94.9 Å². The van der Waals surface area contributed by atoms with Crippen LogP contribution < -0.4 is 5.84 Å². The summed E-state index contributed by atoms with van der Waals surface area (Å²) in [6, 6.07) is 1.95. The molecule has 8 nitrogen and oxygen atoms in total. The first-order valence-corrected chi connectivity index (χ1v) is 9.55. The standard InChI is InChI=1S/C16H25N7OS/c1-11-10-12(2)23(20-11)15-18-19-16(22(15)17)25-13(3)14(24)21-8-6-4-5-7-9-21/h10,13H,4-9,17H2,1-3H3/t13-/m0/s1. The van der Waals surface area contributed by atoms with E-state index in [1.165, 1.54) is 29.3 Å². The molecule has 0 aliphatic carbocycles. The Morgan fingerprint density at radius 1 is 1.20 bits per heavy atom. The van der Waals surface area contributed by atoms with Crippen molar-refractivity contribution >= 4 is 17.7 Å². The second kappa shape index (κ2) is 7.47. The summed E-state index contributed by atoms with van der Waals surface area (Å²) < 4.78 is 3.06. The van der Waals surface area contributed by atoms with Gasteiger partial charge in [0.05, 0.1) is 10.9 Å². The average molecular weight is 363 g/mol. The van der Waals surface area contributed by atoms with Gasteiger partial charge in [0, 0.05) is 18.8 Å². The molecule has 1 aliphatic rings. The third-order valence-electron chi connectivity index (χ3n) is 4.39. The highest BCUT2D eigenvalue weighted by Crippen LogP contribution is 2.24. The van der Waals surface area contributed by atoms with Crippen molar-refractivity contribution in [3.63, 3.8) is 0 Å². The Labute approximate surface area is 151 Å². The van der Waals surface area contributed by atoms with E-state index in [2.05, 4.69) is 15.3 Å². The molecule has 1 amide bonds. The Hall–Kier alpha value is -2.03. The number of carbonyl (C=O) groups excluding carboxylic acids is 1. The van der Waals surface area contributed by atoms with Gasteiger partial charge in [-0.1, -0.05) is 24.6 Å². The van der Waals surface area contributed by atoms with Gasteiger partial charge in [-0.25, -0.2) is 9.36 Å². The lowest BCUT2D eigenvalue weighted by Gasteiger charge is -2.23. The van der Waals surface area contributed by atoms with Gasteiger partial charge in [0.15, 0.2) is 0 Å². The van der Waals surface area contributed by atoms with Crippen LogP contribution in [-0.2, 0) is 4.79 Å². The quantitative estimate of drug-likeness (QED) is 0.656. The SMILES string of the molecule is Cc1cc(C)n(-c2nnc(S[C@@H](C)C(=O)N3CCCCCC3)n2N)n1. The molecule has 1 saturated heterocycles. The maximum Gasteiger partial charge on any atom is 0.271 e. The third kappa shape index (κ3) is 3.81. The molecule has 0 bridgehead atoms. The number of hydrogen-bond donors (Lipinski definition) is 1. The molecule has 0 saturated carbocycles.